The molecule has 0 saturated carbocycles. The molecule has 0 aromatic rings. The topological polar surface area (TPSA) is 12.4 Å². The molecular formula is C15H27N. The summed E-state index contributed by atoms with van der Waals surface area (Å²) in [5.74, 6) is 0. The molecule has 0 aliphatic rings. The Hall–Kier alpha value is -0.850. The Bertz CT molecular complexity index is 316. The fraction of sp³-hybridized carbons (Fsp3) is 0.667. The third-order valence-electron chi connectivity index (χ3n) is 2.76. The molecule has 0 rings (SSSR count). The number of rotatable bonds is 2. The maximum absolute atomic E-state index is 4.81. The van der Waals surface area contributed by atoms with Crippen molar-refractivity contribution in [2.75, 3.05) is 0 Å². The zero-order chi connectivity index (χ0) is 13.1. The highest BCUT2D eigenvalue weighted by atomic mass is 14.8. The second-order valence-corrected chi connectivity index (χ2v) is 6.43. The van der Waals surface area contributed by atoms with Gasteiger partial charge in [-0.1, -0.05) is 54.2 Å². The van der Waals surface area contributed by atoms with Gasteiger partial charge in [-0.15, -0.1) is 0 Å². The Labute approximate surface area is 101 Å². The SMILES string of the molecule is C=C/C(C)=C(\N=C(C)C(C)(C)C)C(C)(C)C. The predicted octanol–water partition coefficient (Wildman–Crippen LogP) is 5.00. The van der Waals surface area contributed by atoms with E-state index in [2.05, 4.69) is 62.0 Å². The molecule has 1 nitrogen and oxygen atoms in total. The van der Waals surface area contributed by atoms with E-state index in [4.69, 9.17) is 4.99 Å². The molecule has 0 aromatic heterocycles. The fourth-order valence-electron chi connectivity index (χ4n) is 1.28. The maximum Gasteiger partial charge on any atom is 0.0485 e. The van der Waals surface area contributed by atoms with Gasteiger partial charge in [-0.2, -0.15) is 0 Å². The third kappa shape index (κ3) is 4.34. The van der Waals surface area contributed by atoms with Crippen molar-refractivity contribution in [3.05, 3.63) is 23.9 Å². The van der Waals surface area contributed by atoms with E-state index in [1.165, 1.54) is 5.71 Å². The normalized spacial score (nSPS) is 15.9. The molecule has 0 heterocycles. The molecular weight excluding hydrogens is 194 g/mol. The van der Waals surface area contributed by atoms with Crippen LogP contribution in [-0.4, -0.2) is 5.71 Å². The molecule has 16 heavy (non-hydrogen) atoms. The lowest BCUT2D eigenvalue weighted by Crippen LogP contribution is -2.19. The molecule has 0 unspecified atom stereocenters. The van der Waals surface area contributed by atoms with E-state index in [1.54, 1.807) is 0 Å². The second kappa shape index (κ2) is 4.99. The summed E-state index contributed by atoms with van der Waals surface area (Å²) in [6.07, 6.45) is 1.89. The first-order valence-electron chi connectivity index (χ1n) is 5.89. The quantitative estimate of drug-likeness (QED) is 0.459. The van der Waals surface area contributed by atoms with Crippen LogP contribution in [0.3, 0.4) is 0 Å². The van der Waals surface area contributed by atoms with Crippen molar-refractivity contribution in [3.8, 4) is 0 Å². The average Bonchev–Trinajstić information content (AvgIpc) is 2.09. The summed E-state index contributed by atoms with van der Waals surface area (Å²) < 4.78 is 0. The largest absolute Gasteiger partial charge is 0.261 e. The van der Waals surface area contributed by atoms with Gasteiger partial charge >= 0.3 is 0 Å². The zero-order valence-corrected chi connectivity index (χ0v) is 12.2. The van der Waals surface area contributed by atoms with Crippen molar-refractivity contribution in [2.45, 2.75) is 55.4 Å². The molecule has 0 N–H and O–H groups in total. The predicted molar refractivity (Wildman–Crippen MR) is 74.9 cm³/mol. The van der Waals surface area contributed by atoms with Crippen LogP contribution in [0.2, 0.25) is 0 Å². The van der Waals surface area contributed by atoms with E-state index in [0.29, 0.717) is 0 Å². The zero-order valence-electron chi connectivity index (χ0n) is 12.2. The molecule has 0 aliphatic carbocycles. The number of aliphatic imine (C=N–C) groups is 1. The third-order valence-corrected chi connectivity index (χ3v) is 2.76. The molecule has 0 amide bonds. The molecule has 0 aliphatic heterocycles. The fourth-order valence-corrected chi connectivity index (χ4v) is 1.28. The van der Waals surface area contributed by atoms with Crippen molar-refractivity contribution in [2.24, 2.45) is 15.8 Å². The van der Waals surface area contributed by atoms with Gasteiger partial charge in [0.05, 0.1) is 0 Å². The molecule has 0 radical (unpaired) electrons. The number of nitrogens with zero attached hydrogens (tertiary/aromatic N) is 1. The Kier molecular flexibility index (Phi) is 4.72. The van der Waals surface area contributed by atoms with Crippen LogP contribution >= 0.6 is 0 Å². The van der Waals surface area contributed by atoms with Gasteiger partial charge in [0.1, 0.15) is 0 Å². The number of allylic oxidation sites excluding steroid dienone is 3. The van der Waals surface area contributed by atoms with E-state index in [0.717, 1.165) is 11.3 Å². The van der Waals surface area contributed by atoms with Gasteiger partial charge in [0.15, 0.2) is 0 Å². The van der Waals surface area contributed by atoms with Crippen LogP contribution in [0.4, 0.5) is 0 Å². The van der Waals surface area contributed by atoms with Crippen molar-refractivity contribution >= 4 is 5.71 Å². The van der Waals surface area contributed by atoms with Gasteiger partial charge in [-0.25, -0.2) is 0 Å². The molecule has 0 aromatic carbocycles. The van der Waals surface area contributed by atoms with Crippen molar-refractivity contribution in [3.63, 3.8) is 0 Å². The van der Waals surface area contributed by atoms with Crippen LogP contribution in [0.25, 0.3) is 0 Å². The number of hydrogen-bond acceptors (Lipinski definition) is 1. The van der Waals surface area contributed by atoms with Crippen LogP contribution in [0, 0.1) is 10.8 Å². The lowest BCUT2D eigenvalue weighted by Gasteiger charge is -2.25. The molecule has 0 saturated heterocycles. The molecule has 1 heteroatoms. The first kappa shape index (κ1) is 15.2. The van der Waals surface area contributed by atoms with Crippen LogP contribution in [0.1, 0.15) is 55.4 Å². The summed E-state index contributed by atoms with van der Waals surface area (Å²) in [6, 6.07) is 0. The first-order chi connectivity index (χ1) is 7.00. The van der Waals surface area contributed by atoms with Crippen LogP contribution in [0.5, 0.6) is 0 Å². The second-order valence-electron chi connectivity index (χ2n) is 6.43. The molecule has 92 valence electrons. The van der Waals surface area contributed by atoms with Gasteiger partial charge < -0.3 is 0 Å². The number of hydrogen-bond donors (Lipinski definition) is 0. The lowest BCUT2D eigenvalue weighted by molar-refractivity contribution is 0.490. The minimum Gasteiger partial charge on any atom is -0.261 e. The van der Waals surface area contributed by atoms with Crippen molar-refractivity contribution in [1.29, 1.82) is 0 Å². The van der Waals surface area contributed by atoms with Crippen LogP contribution in [0.15, 0.2) is 28.9 Å². The summed E-state index contributed by atoms with van der Waals surface area (Å²) in [4.78, 5) is 4.81. The van der Waals surface area contributed by atoms with Crippen LogP contribution < -0.4 is 0 Å². The van der Waals surface area contributed by atoms with Crippen molar-refractivity contribution < 1.29 is 0 Å². The highest BCUT2D eigenvalue weighted by molar-refractivity contribution is 5.87. The first-order valence-corrected chi connectivity index (χ1v) is 5.89. The molecule has 0 fully saturated rings. The van der Waals surface area contributed by atoms with Gasteiger partial charge in [0.2, 0.25) is 0 Å². The summed E-state index contributed by atoms with van der Waals surface area (Å²) in [5, 5.41) is 0. The van der Waals surface area contributed by atoms with E-state index in [1.807, 2.05) is 6.08 Å². The highest BCUT2D eigenvalue weighted by Crippen LogP contribution is 2.31. The van der Waals surface area contributed by atoms with Gasteiger partial charge in [-0.05, 0) is 24.8 Å². The van der Waals surface area contributed by atoms with E-state index in [9.17, 15) is 0 Å². The average molecular weight is 221 g/mol. The Morgan fingerprint density at radius 3 is 1.62 bits per heavy atom. The van der Waals surface area contributed by atoms with Gasteiger partial charge in [-0.3, -0.25) is 4.99 Å². The van der Waals surface area contributed by atoms with Gasteiger partial charge in [0, 0.05) is 16.8 Å². The minimum absolute atomic E-state index is 0.0603. The molecule has 0 spiro atoms. The molecule has 0 bridgehead atoms. The van der Waals surface area contributed by atoms with E-state index < -0.39 is 0 Å². The van der Waals surface area contributed by atoms with Crippen molar-refractivity contribution in [1.82, 2.24) is 0 Å². The monoisotopic (exact) mass is 221 g/mol. The Morgan fingerprint density at radius 1 is 0.938 bits per heavy atom. The Balaban J connectivity index is 5.54. The van der Waals surface area contributed by atoms with E-state index in [-0.39, 0.29) is 10.8 Å². The smallest absolute Gasteiger partial charge is 0.0485 e. The summed E-state index contributed by atoms with van der Waals surface area (Å²) in [6.45, 7) is 21.2. The Morgan fingerprint density at radius 2 is 1.38 bits per heavy atom. The highest BCUT2D eigenvalue weighted by Gasteiger charge is 2.21. The maximum atomic E-state index is 4.81. The lowest BCUT2D eigenvalue weighted by atomic mass is 9.87. The standard InChI is InChI=1S/C15H27N/c1-10-11(2)13(15(7,8)9)16-12(3)14(4,5)6/h10H,1H2,2-9H3/b13-11-,16-12?. The molecule has 0 atom stereocenters. The summed E-state index contributed by atoms with van der Waals surface area (Å²) in [5.41, 5.74) is 3.65. The summed E-state index contributed by atoms with van der Waals surface area (Å²) in [7, 11) is 0. The summed E-state index contributed by atoms with van der Waals surface area (Å²) >= 11 is 0. The minimum atomic E-state index is 0.0603. The van der Waals surface area contributed by atoms with Gasteiger partial charge in [0.25, 0.3) is 0 Å². The van der Waals surface area contributed by atoms with Crippen LogP contribution in [-0.2, 0) is 0 Å². The van der Waals surface area contributed by atoms with E-state index >= 15 is 0 Å².